The first kappa shape index (κ1) is 16.4. The Kier molecular flexibility index (Phi) is 5.50. The van der Waals surface area contributed by atoms with Crippen LogP contribution in [0, 0.1) is 0 Å². The molecule has 0 bridgehead atoms. The zero-order valence-corrected chi connectivity index (χ0v) is 11.4. The Morgan fingerprint density at radius 3 is 2.50 bits per heavy atom. The maximum atomic E-state index is 12.6. The predicted molar refractivity (Wildman–Crippen MR) is 72.0 cm³/mol. The minimum Gasteiger partial charge on any atom is -0.489 e. The number of alkyl halides is 3. The molecular weight excluding hydrogens is 273 g/mol. The standard InChI is InChI=1S/C13H19F3N2O2/c1-9(2)20-11-5-3-4-10(12(11)17)18(6-7-19)8-13(14,15)16/h3-5,9,19H,6-8,17H2,1-2H3. The summed E-state index contributed by atoms with van der Waals surface area (Å²) in [5.41, 5.74) is 6.21. The molecule has 0 aliphatic carbocycles. The maximum Gasteiger partial charge on any atom is 0.405 e. The number of aliphatic hydroxyl groups excluding tert-OH is 1. The van der Waals surface area contributed by atoms with E-state index < -0.39 is 19.3 Å². The third-order valence-corrected chi connectivity index (χ3v) is 2.49. The van der Waals surface area contributed by atoms with Crippen LogP contribution in [0.25, 0.3) is 0 Å². The van der Waals surface area contributed by atoms with E-state index in [1.54, 1.807) is 26.0 Å². The van der Waals surface area contributed by atoms with Crippen molar-refractivity contribution >= 4 is 11.4 Å². The Labute approximate surface area is 115 Å². The van der Waals surface area contributed by atoms with E-state index in [9.17, 15) is 13.2 Å². The summed E-state index contributed by atoms with van der Waals surface area (Å²) in [5.74, 6) is 0.336. The molecule has 0 saturated heterocycles. The Bertz CT molecular complexity index is 436. The summed E-state index contributed by atoms with van der Waals surface area (Å²) in [6.45, 7) is 1.86. The van der Waals surface area contributed by atoms with Gasteiger partial charge in [0.25, 0.3) is 0 Å². The summed E-state index contributed by atoms with van der Waals surface area (Å²) >= 11 is 0. The summed E-state index contributed by atoms with van der Waals surface area (Å²) in [4.78, 5) is 0.989. The van der Waals surface area contributed by atoms with Crippen molar-refractivity contribution in [2.24, 2.45) is 0 Å². The molecule has 0 aliphatic heterocycles. The van der Waals surface area contributed by atoms with Crippen LogP contribution in [0.3, 0.4) is 0 Å². The van der Waals surface area contributed by atoms with E-state index in [1.165, 1.54) is 6.07 Å². The summed E-state index contributed by atoms with van der Waals surface area (Å²) in [6.07, 6.45) is -4.52. The van der Waals surface area contributed by atoms with E-state index in [0.717, 1.165) is 4.90 Å². The van der Waals surface area contributed by atoms with Crippen molar-refractivity contribution in [1.29, 1.82) is 0 Å². The van der Waals surface area contributed by atoms with Crippen molar-refractivity contribution in [3.05, 3.63) is 18.2 Å². The fourth-order valence-corrected chi connectivity index (χ4v) is 1.79. The monoisotopic (exact) mass is 292 g/mol. The minimum absolute atomic E-state index is 0.138. The molecule has 1 aromatic carbocycles. The molecule has 20 heavy (non-hydrogen) atoms. The van der Waals surface area contributed by atoms with Gasteiger partial charge < -0.3 is 20.5 Å². The molecule has 4 nitrogen and oxygen atoms in total. The molecule has 0 spiro atoms. The molecule has 0 amide bonds. The fourth-order valence-electron chi connectivity index (χ4n) is 1.79. The van der Waals surface area contributed by atoms with Gasteiger partial charge in [-0.15, -0.1) is 0 Å². The number of ether oxygens (including phenoxy) is 1. The van der Waals surface area contributed by atoms with Crippen LogP contribution < -0.4 is 15.4 Å². The first-order chi connectivity index (χ1) is 9.24. The summed E-state index contributed by atoms with van der Waals surface area (Å²) in [7, 11) is 0. The van der Waals surface area contributed by atoms with Crippen LogP contribution in [0.4, 0.5) is 24.5 Å². The van der Waals surface area contributed by atoms with Gasteiger partial charge in [0.1, 0.15) is 12.3 Å². The molecule has 0 fully saturated rings. The Balaban J connectivity index is 3.07. The van der Waals surface area contributed by atoms with Crippen molar-refractivity contribution < 1.29 is 23.0 Å². The van der Waals surface area contributed by atoms with Gasteiger partial charge in [-0.2, -0.15) is 13.2 Å². The van der Waals surface area contributed by atoms with Gasteiger partial charge in [0.05, 0.1) is 24.1 Å². The quantitative estimate of drug-likeness (QED) is 0.791. The summed E-state index contributed by atoms with van der Waals surface area (Å²) in [6, 6.07) is 4.65. The minimum atomic E-state index is -4.38. The van der Waals surface area contributed by atoms with Crippen LogP contribution >= 0.6 is 0 Å². The maximum absolute atomic E-state index is 12.6. The van der Waals surface area contributed by atoms with Gasteiger partial charge in [-0.25, -0.2) is 0 Å². The first-order valence-electron chi connectivity index (χ1n) is 6.22. The van der Waals surface area contributed by atoms with Crippen LogP contribution in [-0.4, -0.2) is 37.1 Å². The molecule has 1 aromatic rings. The molecule has 1 rings (SSSR count). The topological polar surface area (TPSA) is 58.7 Å². The molecule has 0 aromatic heterocycles. The zero-order valence-electron chi connectivity index (χ0n) is 11.4. The second kappa shape index (κ2) is 6.69. The molecule has 0 radical (unpaired) electrons. The van der Waals surface area contributed by atoms with Gasteiger partial charge in [0.2, 0.25) is 0 Å². The lowest BCUT2D eigenvalue weighted by Crippen LogP contribution is -2.36. The van der Waals surface area contributed by atoms with E-state index >= 15 is 0 Å². The number of benzene rings is 1. The predicted octanol–water partition coefficient (Wildman–Crippen LogP) is 2.42. The van der Waals surface area contributed by atoms with Crippen molar-refractivity contribution in [3.8, 4) is 5.75 Å². The Hall–Kier alpha value is -1.63. The second-order valence-corrected chi connectivity index (χ2v) is 4.62. The van der Waals surface area contributed by atoms with Gasteiger partial charge in [0, 0.05) is 6.54 Å². The van der Waals surface area contributed by atoms with Crippen molar-refractivity contribution in [3.63, 3.8) is 0 Å². The molecule has 0 saturated carbocycles. The molecule has 0 heterocycles. The van der Waals surface area contributed by atoms with Crippen LogP contribution in [0.2, 0.25) is 0 Å². The average molecular weight is 292 g/mol. The molecule has 0 unspecified atom stereocenters. The highest BCUT2D eigenvalue weighted by atomic mass is 19.4. The number of hydrogen-bond donors (Lipinski definition) is 2. The normalized spacial score (nSPS) is 11.8. The number of nitrogens with zero attached hydrogens (tertiary/aromatic N) is 1. The number of nitrogens with two attached hydrogens (primary N) is 1. The second-order valence-electron chi connectivity index (χ2n) is 4.62. The number of nitrogen functional groups attached to an aromatic ring is 1. The molecule has 0 atom stereocenters. The van der Waals surface area contributed by atoms with Crippen molar-refractivity contribution in [2.45, 2.75) is 26.1 Å². The van der Waals surface area contributed by atoms with Gasteiger partial charge >= 0.3 is 6.18 Å². The molecule has 3 N–H and O–H groups in total. The number of halogens is 3. The lowest BCUT2D eigenvalue weighted by Gasteiger charge is -2.27. The van der Waals surface area contributed by atoms with Gasteiger partial charge in [-0.3, -0.25) is 0 Å². The molecule has 0 aliphatic rings. The number of para-hydroxylation sites is 1. The van der Waals surface area contributed by atoms with Gasteiger partial charge in [-0.1, -0.05) is 6.07 Å². The van der Waals surface area contributed by atoms with E-state index in [1.807, 2.05) is 0 Å². The lowest BCUT2D eigenvalue weighted by atomic mass is 10.2. The third kappa shape index (κ3) is 4.80. The highest BCUT2D eigenvalue weighted by Crippen LogP contribution is 2.34. The number of anilines is 2. The van der Waals surface area contributed by atoms with Crippen LogP contribution in [0.5, 0.6) is 5.75 Å². The number of hydrogen-bond acceptors (Lipinski definition) is 4. The average Bonchev–Trinajstić information content (AvgIpc) is 2.29. The van der Waals surface area contributed by atoms with Crippen LogP contribution in [0.1, 0.15) is 13.8 Å². The largest absolute Gasteiger partial charge is 0.489 e. The SMILES string of the molecule is CC(C)Oc1cccc(N(CCO)CC(F)(F)F)c1N. The highest BCUT2D eigenvalue weighted by Gasteiger charge is 2.31. The van der Waals surface area contributed by atoms with Crippen LogP contribution in [0.15, 0.2) is 18.2 Å². The third-order valence-electron chi connectivity index (χ3n) is 2.49. The van der Waals surface area contributed by atoms with Crippen molar-refractivity contribution in [1.82, 2.24) is 0 Å². The van der Waals surface area contributed by atoms with E-state index in [-0.39, 0.29) is 24.0 Å². The number of aliphatic hydroxyl groups is 1. The van der Waals surface area contributed by atoms with E-state index in [0.29, 0.717) is 5.75 Å². The Morgan fingerprint density at radius 1 is 1.35 bits per heavy atom. The molecule has 114 valence electrons. The van der Waals surface area contributed by atoms with E-state index in [4.69, 9.17) is 15.6 Å². The van der Waals surface area contributed by atoms with Crippen molar-refractivity contribution in [2.75, 3.05) is 30.3 Å². The zero-order chi connectivity index (χ0) is 15.3. The smallest absolute Gasteiger partial charge is 0.405 e. The molecular formula is C13H19F3N2O2. The lowest BCUT2D eigenvalue weighted by molar-refractivity contribution is -0.119. The highest BCUT2D eigenvalue weighted by molar-refractivity contribution is 5.74. The molecule has 7 heteroatoms. The number of rotatable bonds is 6. The van der Waals surface area contributed by atoms with Gasteiger partial charge in [0.15, 0.2) is 0 Å². The summed E-state index contributed by atoms with van der Waals surface area (Å²) in [5, 5.41) is 8.92. The first-order valence-corrected chi connectivity index (χ1v) is 6.22. The fraction of sp³-hybridized carbons (Fsp3) is 0.538. The van der Waals surface area contributed by atoms with Gasteiger partial charge in [-0.05, 0) is 26.0 Å². The van der Waals surface area contributed by atoms with Crippen LogP contribution in [-0.2, 0) is 0 Å². The van der Waals surface area contributed by atoms with E-state index in [2.05, 4.69) is 0 Å². The Morgan fingerprint density at radius 2 is 2.00 bits per heavy atom. The summed E-state index contributed by atoms with van der Waals surface area (Å²) < 4.78 is 43.1.